The standard InChI is InChI=1S/C25H22ClFN2O2S/c1-32-19-10-6-16(7-11-19)13-28-14-21-20-4-2-3-5-23(20)29(24(21)25(30)31)15-17-8-9-18(27)12-22(17)26/h2-12,28H,13-15H2,1H3,(H,30,31). The Balaban J connectivity index is 1.67. The number of carboxylic acids is 1. The number of hydrogen-bond acceptors (Lipinski definition) is 3. The highest BCUT2D eigenvalue weighted by Crippen LogP contribution is 2.29. The molecule has 4 nitrogen and oxygen atoms in total. The fourth-order valence-electron chi connectivity index (χ4n) is 3.86. The van der Waals surface area contributed by atoms with E-state index in [1.165, 1.54) is 17.0 Å². The molecule has 0 saturated carbocycles. The van der Waals surface area contributed by atoms with Gasteiger partial charge in [0, 0.05) is 46.0 Å². The van der Waals surface area contributed by atoms with Gasteiger partial charge in [-0.25, -0.2) is 9.18 Å². The molecule has 164 valence electrons. The molecule has 0 bridgehead atoms. The summed E-state index contributed by atoms with van der Waals surface area (Å²) in [7, 11) is 0. The third kappa shape index (κ3) is 4.67. The van der Waals surface area contributed by atoms with Gasteiger partial charge in [-0.05, 0) is 47.7 Å². The van der Waals surface area contributed by atoms with E-state index in [1.807, 2.05) is 30.5 Å². The number of rotatable bonds is 8. The van der Waals surface area contributed by atoms with Crippen LogP contribution in [0.3, 0.4) is 0 Å². The number of hydrogen-bond donors (Lipinski definition) is 2. The quantitative estimate of drug-likeness (QED) is 0.303. The second-order valence-corrected chi connectivity index (χ2v) is 8.71. The first kappa shape index (κ1) is 22.4. The third-order valence-electron chi connectivity index (χ3n) is 5.41. The maximum atomic E-state index is 13.5. The largest absolute Gasteiger partial charge is 0.477 e. The van der Waals surface area contributed by atoms with E-state index in [1.54, 1.807) is 22.4 Å². The van der Waals surface area contributed by atoms with Gasteiger partial charge in [0.1, 0.15) is 11.5 Å². The van der Waals surface area contributed by atoms with Crippen molar-refractivity contribution in [2.75, 3.05) is 6.26 Å². The van der Waals surface area contributed by atoms with Gasteiger partial charge in [-0.15, -0.1) is 11.8 Å². The van der Waals surface area contributed by atoms with E-state index in [4.69, 9.17) is 11.6 Å². The van der Waals surface area contributed by atoms with Crippen molar-refractivity contribution in [2.24, 2.45) is 0 Å². The van der Waals surface area contributed by atoms with Crippen molar-refractivity contribution < 1.29 is 14.3 Å². The van der Waals surface area contributed by atoms with E-state index in [9.17, 15) is 14.3 Å². The number of fused-ring (bicyclic) bond motifs is 1. The topological polar surface area (TPSA) is 54.3 Å². The van der Waals surface area contributed by atoms with E-state index in [0.717, 1.165) is 16.5 Å². The molecule has 0 aliphatic rings. The molecule has 0 fully saturated rings. The van der Waals surface area contributed by atoms with E-state index in [-0.39, 0.29) is 17.3 Å². The Morgan fingerprint density at radius 3 is 2.53 bits per heavy atom. The Labute approximate surface area is 195 Å². The van der Waals surface area contributed by atoms with E-state index >= 15 is 0 Å². The van der Waals surface area contributed by atoms with Crippen LogP contribution in [0.1, 0.15) is 27.2 Å². The van der Waals surface area contributed by atoms with Gasteiger partial charge in [-0.1, -0.05) is 48.0 Å². The van der Waals surface area contributed by atoms with Crippen LogP contribution < -0.4 is 5.32 Å². The van der Waals surface area contributed by atoms with Gasteiger partial charge in [0.2, 0.25) is 0 Å². The lowest BCUT2D eigenvalue weighted by molar-refractivity contribution is 0.0684. The third-order valence-corrected chi connectivity index (χ3v) is 6.51. The number of carboxylic acid groups (broad SMARTS) is 1. The first-order valence-corrected chi connectivity index (χ1v) is 11.7. The molecule has 2 N–H and O–H groups in total. The van der Waals surface area contributed by atoms with Crippen LogP contribution in [0.2, 0.25) is 5.02 Å². The number of benzene rings is 3. The molecule has 0 spiro atoms. The number of aromatic carboxylic acids is 1. The molecule has 0 unspecified atom stereocenters. The summed E-state index contributed by atoms with van der Waals surface area (Å²) in [5.41, 5.74) is 3.50. The SMILES string of the molecule is CSc1ccc(CNCc2c(C(=O)O)n(Cc3ccc(F)cc3Cl)c3ccccc23)cc1. The van der Waals surface area contributed by atoms with Crippen molar-refractivity contribution in [3.05, 3.63) is 100.0 Å². The molecular weight excluding hydrogens is 447 g/mol. The number of nitrogens with one attached hydrogen (secondary N) is 1. The zero-order valence-electron chi connectivity index (χ0n) is 17.4. The fraction of sp³-hybridized carbons (Fsp3) is 0.160. The lowest BCUT2D eigenvalue weighted by Crippen LogP contribution is -2.17. The zero-order chi connectivity index (χ0) is 22.7. The average Bonchev–Trinajstić information content (AvgIpc) is 3.10. The minimum atomic E-state index is -1.01. The Morgan fingerprint density at radius 1 is 1.09 bits per heavy atom. The summed E-state index contributed by atoms with van der Waals surface area (Å²) < 4.78 is 15.2. The van der Waals surface area contributed by atoms with Crippen molar-refractivity contribution in [3.63, 3.8) is 0 Å². The predicted octanol–water partition coefficient (Wildman–Crippen LogP) is 6.19. The average molecular weight is 469 g/mol. The highest BCUT2D eigenvalue weighted by atomic mass is 35.5. The highest BCUT2D eigenvalue weighted by molar-refractivity contribution is 7.98. The van der Waals surface area contributed by atoms with Crippen LogP contribution in [0.5, 0.6) is 0 Å². The second kappa shape index (κ2) is 9.77. The van der Waals surface area contributed by atoms with Gasteiger partial charge in [-0.2, -0.15) is 0 Å². The van der Waals surface area contributed by atoms with Crippen molar-refractivity contribution >= 4 is 40.2 Å². The molecule has 0 radical (unpaired) electrons. The monoisotopic (exact) mass is 468 g/mol. The van der Waals surface area contributed by atoms with Crippen LogP contribution in [0, 0.1) is 5.82 Å². The van der Waals surface area contributed by atoms with Crippen molar-refractivity contribution in [1.82, 2.24) is 9.88 Å². The Kier molecular flexibility index (Phi) is 6.84. The zero-order valence-corrected chi connectivity index (χ0v) is 19.0. The molecule has 3 aromatic carbocycles. The van der Waals surface area contributed by atoms with Crippen LogP contribution >= 0.6 is 23.4 Å². The summed E-state index contributed by atoms with van der Waals surface area (Å²) >= 11 is 7.92. The summed E-state index contributed by atoms with van der Waals surface area (Å²) in [4.78, 5) is 13.5. The Hall–Kier alpha value is -2.80. The lowest BCUT2D eigenvalue weighted by atomic mass is 10.1. The molecule has 0 aliphatic heterocycles. The van der Waals surface area contributed by atoms with E-state index in [2.05, 4.69) is 29.6 Å². The van der Waals surface area contributed by atoms with Crippen molar-refractivity contribution in [3.8, 4) is 0 Å². The van der Waals surface area contributed by atoms with Crippen LogP contribution in [-0.2, 0) is 19.6 Å². The van der Waals surface area contributed by atoms with E-state index in [0.29, 0.717) is 24.2 Å². The summed E-state index contributed by atoms with van der Waals surface area (Å²) in [5, 5.41) is 14.6. The predicted molar refractivity (Wildman–Crippen MR) is 128 cm³/mol. The number of carbonyl (C=O) groups is 1. The maximum Gasteiger partial charge on any atom is 0.352 e. The van der Waals surface area contributed by atoms with Crippen LogP contribution in [0.25, 0.3) is 10.9 Å². The van der Waals surface area contributed by atoms with Gasteiger partial charge in [0.05, 0.1) is 0 Å². The van der Waals surface area contributed by atoms with Crippen molar-refractivity contribution in [2.45, 2.75) is 24.5 Å². The molecule has 4 rings (SSSR count). The number of nitrogens with zero attached hydrogens (tertiary/aromatic N) is 1. The molecule has 1 aromatic heterocycles. The van der Waals surface area contributed by atoms with Crippen LogP contribution in [0.4, 0.5) is 4.39 Å². The molecule has 0 aliphatic carbocycles. The highest BCUT2D eigenvalue weighted by Gasteiger charge is 2.22. The van der Waals surface area contributed by atoms with Crippen molar-refractivity contribution in [1.29, 1.82) is 0 Å². The summed E-state index contributed by atoms with van der Waals surface area (Å²) in [6.45, 7) is 1.25. The van der Waals surface area contributed by atoms with Gasteiger partial charge < -0.3 is 15.0 Å². The number of para-hydroxylation sites is 1. The second-order valence-electron chi connectivity index (χ2n) is 7.42. The number of halogens is 2. The molecule has 32 heavy (non-hydrogen) atoms. The molecular formula is C25H22ClFN2O2S. The molecule has 4 aromatic rings. The van der Waals surface area contributed by atoms with Gasteiger partial charge in [0.25, 0.3) is 0 Å². The minimum absolute atomic E-state index is 0.205. The first-order valence-electron chi connectivity index (χ1n) is 10.1. The number of aromatic nitrogens is 1. The first-order chi connectivity index (χ1) is 15.5. The molecule has 0 amide bonds. The van der Waals surface area contributed by atoms with Crippen LogP contribution in [0.15, 0.2) is 71.6 Å². The maximum absolute atomic E-state index is 13.5. The summed E-state index contributed by atoms with van der Waals surface area (Å²) in [6, 6.07) is 20.0. The van der Waals surface area contributed by atoms with Gasteiger partial charge >= 0.3 is 5.97 Å². The summed E-state index contributed by atoms with van der Waals surface area (Å²) in [5.74, 6) is -1.44. The minimum Gasteiger partial charge on any atom is -0.477 e. The van der Waals surface area contributed by atoms with Crippen LogP contribution in [-0.4, -0.2) is 21.9 Å². The Morgan fingerprint density at radius 2 is 1.84 bits per heavy atom. The smallest absolute Gasteiger partial charge is 0.352 e. The molecule has 0 saturated heterocycles. The normalized spacial score (nSPS) is 11.2. The van der Waals surface area contributed by atoms with Gasteiger partial charge in [0.15, 0.2) is 0 Å². The Bertz CT molecular complexity index is 1270. The summed E-state index contributed by atoms with van der Waals surface area (Å²) in [6.07, 6.45) is 2.04. The van der Waals surface area contributed by atoms with E-state index < -0.39 is 11.8 Å². The molecule has 1 heterocycles. The molecule has 0 atom stereocenters. The lowest BCUT2D eigenvalue weighted by Gasteiger charge is -2.11. The van der Waals surface area contributed by atoms with Gasteiger partial charge in [-0.3, -0.25) is 0 Å². The fourth-order valence-corrected chi connectivity index (χ4v) is 4.49. The molecule has 7 heteroatoms. The number of thioether (sulfide) groups is 1.